The second kappa shape index (κ2) is 5.67. The van der Waals surface area contributed by atoms with E-state index >= 15 is 0 Å². The van der Waals surface area contributed by atoms with Crippen molar-refractivity contribution in [2.75, 3.05) is 17.7 Å². The quantitative estimate of drug-likeness (QED) is 0.925. The van der Waals surface area contributed by atoms with Gasteiger partial charge < -0.3 is 10.5 Å². The number of benzene rings is 1. The van der Waals surface area contributed by atoms with Gasteiger partial charge in [0.2, 0.25) is 0 Å². The number of nitrogens with zero attached hydrogens (tertiary/aromatic N) is 3. The van der Waals surface area contributed by atoms with Gasteiger partial charge in [0.25, 0.3) is 0 Å². The van der Waals surface area contributed by atoms with E-state index in [1.807, 2.05) is 0 Å². The van der Waals surface area contributed by atoms with Crippen LogP contribution in [-0.2, 0) is 4.74 Å². The molecular formula is C15H19FN4O2. The van der Waals surface area contributed by atoms with E-state index in [9.17, 15) is 9.18 Å². The number of nitrogens with two attached hydrogens (primary N) is 1. The maximum Gasteiger partial charge on any atom is 0.414 e. The molecule has 0 saturated heterocycles. The summed E-state index contributed by atoms with van der Waals surface area (Å²) in [5, 5.41) is 4.00. The first kappa shape index (κ1) is 15.8. The molecule has 2 N–H and O–H groups in total. The summed E-state index contributed by atoms with van der Waals surface area (Å²) in [5.41, 5.74) is 5.52. The maximum absolute atomic E-state index is 14.3. The lowest BCUT2D eigenvalue weighted by atomic mass is 10.2. The average Bonchev–Trinajstić information content (AvgIpc) is 2.82. The summed E-state index contributed by atoms with van der Waals surface area (Å²) in [6.07, 6.45) is 1.00. The number of hydrogen-bond donors (Lipinski definition) is 1. The highest BCUT2D eigenvalue weighted by molar-refractivity contribution is 5.87. The minimum Gasteiger partial charge on any atom is -0.443 e. The number of ether oxygens (including phenoxy) is 1. The maximum atomic E-state index is 14.3. The molecule has 118 valence electrons. The molecule has 7 heteroatoms. The second-order valence-electron chi connectivity index (χ2n) is 5.86. The third kappa shape index (κ3) is 3.55. The molecule has 2 aromatic rings. The summed E-state index contributed by atoms with van der Waals surface area (Å²) in [5.74, 6) is -0.213. The SMILES string of the molecule is CN(C(=O)OC(C)(C)C)c1ccc(-n2ccc(N)n2)cc1F. The molecule has 0 aliphatic heterocycles. The lowest BCUT2D eigenvalue weighted by Crippen LogP contribution is -2.34. The number of aromatic nitrogens is 2. The zero-order valence-corrected chi connectivity index (χ0v) is 13.0. The molecule has 22 heavy (non-hydrogen) atoms. The van der Waals surface area contributed by atoms with Gasteiger partial charge in [-0.3, -0.25) is 4.90 Å². The topological polar surface area (TPSA) is 73.4 Å². The van der Waals surface area contributed by atoms with Crippen LogP contribution < -0.4 is 10.6 Å². The lowest BCUT2D eigenvalue weighted by molar-refractivity contribution is 0.0588. The van der Waals surface area contributed by atoms with Crippen LogP contribution in [-0.4, -0.2) is 28.5 Å². The summed E-state index contributed by atoms with van der Waals surface area (Å²) in [6.45, 7) is 5.25. The first-order valence-corrected chi connectivity index (χ1v) is 6.75. The fourth-order valence-corrected chi connectivity index (χ4v) is 1.82. The third-order valence-corrected chi connectivity index (χ3v) is 2.83. The van der Waals surface area contributed by atoms with Crippen LogP contribution >= 0.6 is 0 Å². The number of carbonyl (C=O) groups excluding carboxylic acids is 1. The molecular weight excluding hydrogens is 287 g/mol. The molecule has 0 spiro atoms. The Balaban J connectivity index is 2.24. The van der Waals surface area contributed by atoms with Gasteiger partial charge in [-0.2, -0.15) is 5.10 Å². The number of nitrogen functional groups attached to an aromatic ring is 1. The molecule has 1 heterocycles. The Bertz CT molecular complexity index is 691. The van der Waals surface area contributed by atoms with E-state index in [4.69, 9.17) is 10.5 Å². The highest BCUT2D eigenvalue weighted by Gasteiger charge is 2.22. The molecule has 0 saturated carbocycles. The number of hydrogen-bond acceptors (Lipinski definition) is 4. The van der Waals surface area contributed by atoms with Crippen molar-refractivity contribution in [1.29, 1.82) is 0 Å². The van der Waals surface area contributed by atoms with Crippen molar-refractivity contribution in [3.05, 3.63) is 36.3 Å². The molecule has 1 amide bonds. The first-order chi connectivity index (χ1) is 10.2. The van der Waals surface area contributed by atoms with Crippen LogP contribution in [0, 0.1) is 5.82 Å². The summed E-state index contributed by atoms with van der Waals surface area (Å²) < 4.78 is 20.9. The Morgan fingerprint density at radius 2 is 2.05 bits per heavy atom. The Kier molecular flexibility index (Phi) is 4.07. The Labute approximate surface area is 128 Å². The van der Waals surface area contributed by atoms with Crippen LogP contribution in [0.1, 0.15) is 20.8 Å². The van der Waals surface area contributed by atoms with Gasteiger partial charge in [0, 0.05) is 25.4 Å². The smallest absolute Gasteiger partial charge is 0.414 e. The highest BCUT2D eigenvalue weighted by Crippen LogP contribution is 2.23. The van der Waals surface area contributed by atoms with Crippen molar-refractivity contribution in [3.8, 4) is 5.69 Å². The van der Waals surface area contributed by atoms with Crippen molar-refractivity contribution in [1.82, 2.24) is 9.78 Å². The van der Waals surface area contributed by atoms with Gasteiger partial charge in [0.15, 0.2) is 0 Å². The van der Waals surface area contributed by atoms with Crippen LogP contribution in [0.5, 0.6) is 0 Å². The number of amides is 1. The molecule has 1 aromatic carbocycles. The van der Waals surface area contributed by atoms with Crippen molar-refractivity contribution < 1.29 is 13.9 Å². The highest BCUT2D eigenvalue weighted by atomic mass is 19.1. The normalized spacial score (nSPS) is 11.3. The van der Waals surface area contributed by atoms with E-state index in [0.717, 1.165) is 4.90 Å². The minimum absolute atomic E-state index is 0.123. The van der Waals surface area contributed by atoms with Crippen LogP contribution in [0.4, 0.5) is 20.7 Å². The van der Waals surface area contributed by atoms with Gasteiger partial charge in [0.1, 0.15) is 17.2 Å². The number of halogens is 1. The van der Waals surface area contributed by atoms with Gasteiger partial charge in [-0.1, -0.05) is 0 Å². The molecule has 1 aromatic heterocycles. The number of carbonyl (C=O) groups is 1. The summed E-state index contributed by atoms with van der Waals surface area (Å²) in [6, 6.07) is 6.03. The monoisotopic (exact) mass is 306 g/mol. The fraction of sp³-hybridized carbons (Fsp3) is 0.333. The predicted molar refractivity (Wildman–Crippen MR) is 82.6 cm³/mol. The van der Waals surface area contributed by atoms with Crippen molar-refractivity contribution >= 4 is 17.6 Å². The Morgan fingerprint density at radius 1 is 1.36 bits per heavy atom. The van der Waals surface area contributed by atoms with Gasteiger partial charge in [-0.25, -0.2) is 13.9 Å². The molecule has 6 nitrogen and oxygen atoms in total. The summed E-state index contributed by atoms with van der Waals surface area (Å²) >= 11 is 0. The number of anilines is 2. The van der Waals surface area contributed by atoms with Crippen LogP contribution in [0.3, 0.4) is 0 Å². The largest absolute Gasteiger partial charge is 0.443 e. The summed E-state index contributed by atoms with van der Waals surface area (Å²) in [4.78, 5) is 13.1. The minimum atomic E-state index is -0.644. The molecule has 0 radical (unpaired) electrons. The Hall–Kier alpha value is -2.57. The van der Waals surface area contributed by atoms with Crippen LogP contribution in [0.25, 0.3) is 5.69 Å². The van der Waals surface area contributed by atoms with Gasteiger partial charge in [-0.05, 0) is 32.9 Å². The van der Waals surface area contributed by atoms with E-state index in [1.54, 1.807) is 39.1 Å². The van der Waals surface area contributed by atoms with E-state index in [1.165, 1.54) is 23.9 Å². The second-order valence-corrected chi connectivity index (χ2v) is 5.86. The van der Waals surface area contributed by atoms with Crippen LogP contribution in [0.15, 0.2) is 30.5 Å². The zero-order chi connectivity index (χ0) is 16.5. The van der Waals surface area contributed by atoms with Crippen LogP contribution in [0.2, 0.25) is 0 Å². The standard InChI is InChI=1S/C15H19FN4O2/c1-15(2,3)22-14(21)19(4)12-6-5-10(9-11(12)16)20-8-7-13(17)18-20/h5-9H,1-4H3,(H2,17,18). The first-order valence-electron chi connectivity index (χ1n) is 6.75. The van der Waals surface area contributed by atoms with Gasteiger partial charge in [-0.15, -0.1) is 0 Å². The molecule has 0 unspecified atom stereocenters. The van der Waals surface area contributed by atoms with E-state index in [2.05, 4.69) is 5.10 Å². The van der Waals surface area contributed by atoms with E-state index in [-0.39, 0.29) is 5.69 Å². The molecule has 0 aliphatic rings. The van der Waals surface area contributed by atoms with Gasteiger partial charge >= 0.3 is 6.09 Å². The molecule has 2 rings (SSSR count). The molecule has 0 atom stereocenters. The molecule has 0 aliphatic carbocycles. The van der Waals surface area contributed by atoms with E-state index < -0.39 is 17.5 Å². The van der Waals surface area contributed by atoms with E-state index in [0.29, 0.717) is 11.5 Å². The van der Waals surface area contributed by atoms with Crippen molar-refractivity contribution in [3.63, 3.8) is 0 Å². The third-order valence-electron chi connectivity index (χ3n) is 2.83. The van der Waals surface area contributed by atoms with Crippen molar-refractivity contribution in [2.45, 2.75) is 26.4 Å². The van der Waals surface area contributed by atoms with Crippen molar-refractivity contribution in [2.24, 2.45) is 0 Å². The lowest BCUT2D eigenvalue weighted by Gasteiger charge is -2.25. The number of rotatable bonds is 2. The molecule has 0 fully saturated rings. The summed E-state index contributed by atoms with van der Waals surface area (Å²) in [7, 11) is 1.46. The van der Waals surface area contributed by atoms with Gasteiger partial charge in [0.05, 0.1) is 11.4 Å². The average molecular weight is 306 g/mol. The molecule has 0 bridgehead atoms. The Morgan fingerprint density at radius 3 is 2.55 bits per heavy atom. The predicted octanol–water partition coefficient (Wildman–Crippen LogP) is 2.96. The fourth-order valence-electron chi connectivity index (χ4n) is 1.82. The zero-order valence-electron chi connectivity index (χ0n) is 13.0.